The fraction of sp³-hybridized carbons (Fsp3) is 0.458. The molecule has 1 aliphatic heterocycles. The summed E-state index contributed by atoms with van der Waals surface area (Å²) in [4.78, 5) is 31.6. The normalized spacial score (nSPS) is 14.8. The maximum Gasteiger partial charge on any atom is 0.410 e. The van der Waals surface area contributed by atoms with Gasteiger partial charge in [-0.15, -0.1) is 0 Å². The number of hydrogen-bond acceptors (Lipinski definition) is 6. The van der Waals surface area contributed by atoms with Crippen LogP contribution in [0.1, 0.15) is 37.6 Å². The molecule has 0 bridgehead atoms. The quantitative estimate of drug-likeness (QED) is 0.654. The molecule has 0 radical (unpaired) electrons. The van der Waals surface area contributed by atoms with E-state index in [1.54, 1.807) is 11.1 Å². The van der Waals surface area contributed by atoms with Crippen molar-refractivity contribution in [3.05, 3.63) is 48.3 Å². The minimum atomic E-state index is -0.977. The Hall–Kier alpha value is -3.13. The molecule has 1 aromatic carbocycles. The van der Waals surface area contributed by atoms with Gasteiger partial charge in [0.15, 0.2) is 0 Å². The molecule has 1 aromatic heterocycles. The van der Waals surface area contributed by atoms with E-state index in [-0.39, 0.29) is 11.7 Å². The number of pyridine rings is 1. The number of nitrogens with zero attached hydrogens (tertiary/aromatic N) is 3. The van der Waals surface area contributed by atoms with Gasteiger partial charge in [-0.05, 0) is 51.0 Å². The van der Waals surface area contributed by atoms with Gasteiger partial charge in [-0.3, -0.25) is 9.88 Å². The number of piperazine rings is 1. The second-order valence-electron chi connectivity index (χ2n) is 8.76. The molecule has 3 rings (SSSR count). The molecule has 2 aromatic rings. The van der Waals surface area contributed by atoms with E-state index >= 15 is 0 Å². The molecule has 0 atom stereocenters. The Morgan fingerprint density at radius 1 is 1.06 bits per heavy atom. The lowest BCUT2D eigenvalue weighted by Crippen LogP contribution is -2.50. The molecule has 1 amide bonds. The Bertz CT molecular complexity index is 916. The Morgan fingerprint density at radius 2 is 1.75 bits per heavy atom. The van der Waals surface area contributed by atoms with Crippen molar-refractivity contribution in [2.24, 2.45) is 0 Å². The highest BCUT2D eigenvalue weighted by Crippen LogP contribution is 2.25. The molecular weight excluding hydrogens is 410 g/mol. The van der Waals surface area contributed by atoms with Crippen molar-refractivity contribution in [2.45, 2.75) is 32.8 Å². The van der Waals surface area contributed by atoms with E-state index < -0.39 is 11.6 Å². The van der Waals surface area contributed by atoms with Crippen molar-refractivity contribution < 1.29 is 24.2 Å². The molecular formula is C24H31N3O5. The monoisotopic (exact) mass is 441 g/mol. The molecule has 1 N–H and O–H groups in total. The van der Waals surface area contributed by atoms with Gasteiger partial charge in [-0.2, -0.15) is 0 Å². The van der Waals surface area contributed by atoms with Crippen molar-refractivity contribution >= 4 is 12.1 Å². The molecule has 1 aliphatic rings. The van der Waals surface area contributed by atoms with Crippen LogP contribution in [0.25, 0.3) is 11.1 Å². The average molecular weight is 442 g/mol. The zero-order chi connectivity index (χ0) is 23.1. The fourth-order valence-corrected chi connectivity index (χ4v) is 3.50. The number of carbonyl (C=O) groups excluding carboxylic acids is 1. The molecule has 1 saturated heterocycles. The number of ether oxygens (including phenoxy) is 2. The Labute approximate surface area is 188 Å². The third-order valence-electron chi connectivity index (χ3n) is 5.13. The van der Waals surface area contributed by atoms with Crippen LogP contribution < -0.4 is 4.74 Å². The average Bonchev–Trinajstić information content (AvgIpc) is 2.76. The van der Waals surface area contributed by atoms with E-state index in [1.807, 2.05) is 45.0 Å². The van der Waals surface area contributed by atoms with E-state index in [0.717, 1.165) is 37.4 Å². The SMILES string of the molecule is CC(C)(C)OC(=O)N1CCN(CCCOc2ccc(-c3cnccc3C(=O)O)cc2)CC1. The van der Waals surface area contributed by atoms with Crippen molar-refractivity contribution in [1.82, 2.24) is 14.8 Å². The standard InChI is InChI=1S/C24H31N3O5/c1-24(2,3)32-23(30)27-14-12-26(13-15-27)11-4-16-31-19-7-5-18(6-8-19)21-17-25-10-9-20(21)22(28)29/h5-10,17H,4,11-16H2,1-3H3,(H,28,29). The first-order valence-corrected chi connectivity index (χ1v) is 10.8. The number of hydrogen-bond donors (Lipinski definition) is 1. The number of aromatic nitrogens is 1. The first-order chi connectivity index (χ1) is 15.2. The van der Waals surface area contributed by atoms with Gasteiger partial charge in [0.1, 0.15) is 11.4 Å². The number of rotatable bonds is 7. The van der Waals surface area contributed by atoms with Crippen LogP contribution in [-0.2, 0) is 4.74 Å². The summed E-state index contributed by atoms with van der Waals surface area (Å²) < 4.78 is 11.3. The van der Waals surface area contributed by atoms with Crippen LogP contribution in [0.15, 0.2) is 42.7 Å². The predicted molar refractivity (Wildman–Crippen MR) is 121 cm³/mol. The fourth-order valence-electron chi connectivity index (χ4n) is 3.50. The van der Waals surface area contributed by atoms with Crippen molar-refractivity contribution in [3.8, 4) is 16.9 Å². The summed E-state index contributed by atoms with van der Waals surface area (Å²) in [6, 6.07) is 8.86. The minimum absolute atomic E-state index is 0.223. The maximum atomic E-state index is 12.1. The summed E-state index contributed by atoms with van der Waals surface area (Å²) in [7, 11) is 0. The van der Waals surface area contributed by atoms with Crippen molar-refractivity contribution in [2.75, 3.05) is 39.3 Å². The number of aromatic carboxylic acids is 1. The van der Waals surface area contributed by atoms with E-state index in [2.05, 4.69) is 9.88 Å². The molecule has 0 spiro atoms. The number of amides is 1. The first-order valence-electron chi connectivity index (χ1n) is 10.8. The van der Waals surface area contributed by atoms with Crippen LogP contribution in [0.5, 0.6) is 5.75 Å². The van der Waals surface area contributed by atoms with E-state index in [0.29, 0.717) is 25.3 Å². The number of benzene rings is 1. The van der Waals surface area contributed by atoms with Crippen LogP contribution in [-0.4, -0.2) is 76.9 Å². The zero-order valence-electron chi connectivity index (χ0n) is 18.9. The minimum Gasteiger partial charge on any atom is -0.494 e. The topological polar surface area (TPSA) is 92.2 Å². The highest BCUT2D eigenvalue weighted by atomic mass is 16.6. The highest BCUT2D eigenvalue weighted by Gasteiger charge is 2.25. The largest absolute Gasteiger partial charge is 0.494 e. The number of carbonyl (C=O) groups is 2. The van der Waals surface area contributed by atoms with Gasteiger partial charge in [0.05, 0.1) is 12.2 Å². The summed E-state index contributed by atoms with van der Waals surface area (Å²) in [5, 5.41) is 9.34. The predicted octanol–water partition coefficient (Wildman–Crippen LogP) is 3.77. The van der Waals surface area contributed by atoms with Crippen LogP contribution in [0.4, 0.5) is 4.79 Å². The molecule has 32 heavy (non-hydrogen) atoms. The summed E-state index contributed by atoms with van der Waals surface area (Å²) >= 11 is 0. The van der Waals surface area contributed by atoms with Crippen molar-refractivity contribution in [1.29, 1.82) is 0 Å². The smallest absolute Gasteiger partial charge is 0.410 e. The lowest BCUT2D eigenvalue weighted by molar-refractivity contribution is 0.0142. The van der Waals surface area contributed by atoms with Crippen LogP contribution in [0, 0.1) is 0 Å². The Balaban J connectivity index is 1.40. The van der Waals surface area contributed by atoms with Crippen LogP contribution in [0.2, 0.25) is 0 Å². The molecule has 0 saturated carbocycles. The first kappa shape index (κ1) is 23.5. The summed E-state index contributed by atoms with van der Waals surface area (Å²) in [5.74, 6) is -0.237. The van der Waals surface area contributed by atoms with Crippen molar-refractivity contribution in [3.63, 3.8) is 0 Å². The van der Waals surface area contributed by atoms with Gasteiger partial charge in [-0.25, -0.2) is 9.59 Å². The van der Waals surface area contributed by atoms with Gasteiger partial charge in [0.25, 0.3) is 0 Å². The number of carboxylic acid groups (broad SMARTS) is 1. The van der Waals surface area contributed by atoms with Gasteiger partial charge < -0.3 is 19.5 Å². The third kappa shape index (κ3) is 6.68. The maximum absolute atomic E-state index is 12.1. The van der Waals surface area contributed by atoms with Gasteiger partial charge in [0, 0.05) is 50.7 Å². The van der Waals surface area contributed by atoms with Crippen LogP contribution in [0.3, 0.4) is 0 Å². The summed E-state index contributed by atoms with van der Waals surface area (Å²) in [6.45, 7) is 10.1. The lowest BCUT2D eigenvalue weighted by Gasteiger charge is -2.35. The summed E-state index contributed by atoms with van der Waals surface area (Å²) in [5.41, 5.74) is 1.11. The van der Waals surface area contributed by atoms with E-state index in [4.69, 9.17) is 9.47 Å². The number of carboxylic acids is 1. The second-order valence-corrected chi connectivity index (χ2v) is 8.76. The molecule has 8 nitrogen and oxygen atoms in total. The molecule has 8 heteroatoms. The molecule has 172 valence electrons. The third-order valence-corrected chi connectivity index (χ3v) is 5.13. The van der Waals surface area contributed by atoms with Crippen LogP contribution >= 0.6 is 0 Å². The second kappa shape index (κ2) is 10.5. The summed E-state index contributed by atoms with van der Waals surface area (Å²) in [6.07, 6.45) is 3.66. The lowest BCUT2D eigenvalue weighted by atomic mass is 10.0. The van der Waals surface area contributed by atoms with E-state index in [1.165, 1.54) is 12.3 Å². The van der Waals surface area contributed by atoms with Gasteiger partial charge in [0.2, 0.25) is 0 Å². The molecule has 1 fully saturated rings. The Morgan fingerprint density at radius 3 is 2.38 bits per heavy atom. The van der Waals surface area contributed by atoms with Gasteiger partial charge >= 0.3 is 12.1 Å². The zero-order valence-corrected chi connectivity index (χ0v) is 18.9. The Kier molecular flexibility index (Phi) is 7.69. The molecule has 0 aliphatic carbocycles. The van der Waals surface area contributed by atoms with E-state index in [9.17, 15) is 14.7 Å². The molecule has 0 unspecified atom stereocenters. The molecule has 2 heterocycles. The highest BCUT2D eigenvalue weighted by molar-refractivity contribution is 5.95. The van der Waals surface area contributed by atoms with Gasteiger partial charge in [-0.1, -0.05) is 12.1 Å².